The van der Waals surface area contributed by atoms with Crippen molar-refractivity contribution in [3.8, 4) is 5.75 Å². The summed E-state index contributed by atoms with van der Waals surface area (Å²) in [6.07, 6.45) is 0. The first-order chi connectivity index (χ1) is 9.04. The van der Waals surface area contributed by atoms with Crippen LogP contribution in [0.2, 0.25) is 0 Å². The molecule has 1 nitrogen and oxygen atoms in total. The van der Waals surface area contributed by atoms with Crippen molar-refractivity contribution >= 4 is 31.9 Å². The second-order valence-electron chi connectivity index (χ2n) is 3.90. The van der Waals surface area contributed by atoms with Crippen molar-refractivity contribution in [1.29, 1.82) is 0 Å². The van der Waals surface area contributed by atoms with Crippen molar-refractivity contribution in [2.45, 2.75) is 4.83 Å². The van der Waals surface area contributed by atoms with Gasteiger partial charge in [0.05, 0.1) is 16.4 Å². The summed E-state index contributed by atoms with van der Waals surface area (Å²) < 4.78 is 32.9. The zero-order valence-corrected chi connectivity index (χ0v) is 13.1. The molecule has 0 amide bonds. The Kier molecular flexibility index (Phi) is 4.58. The van der Waals surface area contributed by atoms with E-state index in [9.17, 15) is 8.78 Å². The average molecular weight is 392 g/mol. The molecule has 19 heavy (non-hydrogen) atoms. The molecule has 1 atom stereocenters. The van der Waals surface area contributed by atoms with Gasteiger partial charge in [-0.25, -0.2) is 8.78 Å². The molecular formula is C14H10Br2F2O. The van der Waals surface area contributed by atoms with Crippen LogP contribution < -0.4 is 4.74 Å². The van der Waals surface area contributed by atoms with Gasteiger partial charge in [-0.3, -0.25) is 0 Å². The maximum Gasteiger partial charge on any atom is 0.163 e. The van der Waals surface area contributed by atoms with Crippen LogP contribution in [-0.2, 0) is 0 Å². The molecule has 0 fully saturated rings. The number of methoxy groups -OCH3 is 1. The van der Waals surface area contributed by atoms with E-state index in [4.69, 9.17) is 4.74 Å². The van der Waals surface area contributed by atoms with Crippen LogP contribution >= 0.6 is 31.9 Å². The van der Waals surface area contributed by atoms with Crippen LogP contribution in [0.3, 0.4) is 0 Å². The molecule has 0 saturated carbocycles. The smallest absolute Gasteiger partial charge is 0.163 e. The van der Waals surface area contributed by atoms with E-state index in [-0.39, 0.29) is 5.56 Å². The lowest BCUT2D eigenvalue weighted by molar-refractivity contribution is 0.412. The first-order valence-corrected chi connectivity index (χ1v) is 7.17. The lowest BCUT2D eigenvalue weighted by atomic mass is 10.0. The van der Waals surface area contributed by atoms with Gasteiger partial charge in [0, 0.05) is 5.56 Å². The molecule has 1 unspecified atom stereocenters. The largest absolute Gasteiger partial charge is 0.496 e. The van der Waals surface area contributed by atoms with Gasteiger partial charge in [-0.2, -0.15) is 0 Å². The molecule has 0 saturated heterocycles. The van der Waals surface area contributed by atoms with Crippen LogP contribution in [0.25, 0.3) is 0 Å². The zero-order chi connectivity index (χ0) is 14.0. The van der Waals surface area contributed by atoms with Gasteiger partial charge in [-0.1, -0.05) is 34.1 Å². The Morgan fingerprint density at radius 3 is 2.53 bits per heavy atom. The SMILES string of the molecule is COc1ccc(C(Br)c2cccc(F)c2F)cc1Br. The molecular weight excluding hydrogens is 382 g/mol. The molecule has 2 aromatic rings. The summed E-state index contributed by atoms with van der Waals surface area (Å²) in [7, 11) is 1.57. The van der Waals surface area contributed by atoms with Crippen LogP contribution in [0.4, 0.5) is 8.78 Å². The first kappa shape index (κ1) is 14.5. The molecule has 2 aromatic carbocycles. The topological polar surface area (TPSA) is 9.23 Å². The highest BCUT2D eigenvalue weighted by atomic mass is 79.9. The molecule has 0 aromatic heterocycles. The third-order valence-corrected chi connectivity index (χ3v) is 4.36. The van der Waals surface area contributed by atoms with E-state index in [0.29, 0.717) is 5.75 Å². The van der Waals surface area contributed by atoms with Crippen molar-refractivity contribution < 1.29 is 13.5 Å². The molecule has 0 aliphatic rings. The van der Waals surface area contributed by atoms with E-state index in [0.717, 1.165) is 16.1 Å². The van der Waals surface area contributed by atoms with E-state index in [2.05, 4.69) is 31.9 Å². The van der Waals surface area contributed by atoms with E-state index < -0.39 is 16.5 Å². The number of hydrogen-bond acceptors (Lipinski definition) is 1. The Morgan fingerprint density at radius 1 is 1.16 bits per heavy atom. The van der Waals surface area contributed by atoms with Crippen LogP contribution in [0.5, 0.6) is 5.75 Å². The van der Waals surface area contributed by atoms with Crippen LogP contribution in [0.15, 0.2) is 40.9 Å². The van der Waals surface area contributed by atoms with Gasteiger partial charge in [0.15, 0.2) is 11.6 Å². The van der Waals surface area contributed by atoms with Gasteiger partial charge in [0.1, 0.15) is 5.75 Å². The predicted molar refractivity (Wildman–Crippen MR) is 77.8 cm³/mol. The summed E-state index contributed by atoms with van der Waals surface area (Å²) in [4.78, 5) is -0.426. The van der Waals surface area contributed by atoms with Crippen molar-refractivity contribution in [3.63, 3.8) is 0 Å². The number of alkyl halides is 1. The summed E-state index contributed by atoms with van der Waals surface area (Å²) in [6.45, 7) is 0. The van der Waals surface area contributed by atoms with Gasteiger partial charge in [0.25, 0.3) is 0 Å². The third kappa shape index (κ3) is 2.98. The summed E-state index contributed by atoms with van der Waals surface area (Å²) in [6, 6.07) is 9.51. The van der Waals surface area contributed by atoms with E-state index >= 15 is 0 Å². The molecule has 2 rings (SSSR count). The minimum absolute atomic E-state index is 0.261. The molecule has 0 N–H and O–H groups in total. The number of halogens is 4. The van der Waals surface area contributed by atoms with Crippen molar-refractivity contribution in [1.82, 2.24) is 0 Å². The molecule has 0 aliphatic heterocycles. The zero-order valence-electron chi connectivity index (χ0n) is 9.96. The van der Waals surface area contributed by atoms with Crippen LogP contribution in [-0.4, -0.2) is 7.11 Å². The highest BCUT2D eigenvalue weighted by molar-refractivity contribution is 9.10. The summed E-state index contributed by atoms with van der Waals surface area (Å²) >= 11 is 6.76. The second kappa shape index (κ2) is 6.01. The van der Waals surface area contributed by atoms with Crippen LogP contribution in [0, 0.1) is 11.6 Å². The molecule has 0 aliphatic carbocycles. The molecule has 100 valence electrons. The van der Waals surface area contributed by atoms with Crippen LogP contribution in [0.1, 0.15) is 16.0 Å². The molecule has 0 heterocycles. The average Bonchev–Trinajstić information content (AvgIpc) is 2.41. The summed E-state index contributed by atoms with van der Waals surface area (Å²) in [5, 5.41) is 0. The van der Waals surface area contributed by atoms with Gasteiger partial charge < -0.3 is 4.74 Å². The second-order valence-corrected chi connectivity index (χ2v) is 5.67. The summed E-state index contributed by atoms with van der Waals surface area (Å²) in [5.41, 5.74) is 1.06. The Hall–Kier alpha value is -0.940. The molecule has 5 heteroatoms. The van der Waals surface area contributed by atoms with E-state index in [1.807, 2.05) is 6.07 Å². The van der Waals surface area contributed by atoms with E-state index in [1.165, 1.54) is 6.07 Å². The van der Waals surface area contributed by atoms with Gasteiger partial charge in [-0.05, 0) is 39.7 Å². The van der Waals surface area contributed by atoms with Gasteiger partial charge in [0.2, 0.25) is 0 Å². The monoisotopic (exact) mass is 390 g/mol. The number of rotatable bonds is 3. The Balaban J connectivity index is 2.41. The summed E-state index contributed by atoms with van der Waals surface area (Å²) in [5.74, 6) is -1.01. The number of benzene rings is 2. The van der Waals surface area contributed by atoms with Crippen molar-refractivity contribution in [3.05, 3.63) is 63.6 Å². The standard InChI is InChI=1S/C14H10Br2F2O/c1-19-12-6-5-8(7-10(12)15)13(16)9-3-2-4-11(17)14(9)18/h2-7,13H,1H3. The Morgan fingerprint density at radius 2 is 1.89 bits per heavy atom. The highest BCUT2D eigenvalue weighted by Crippen LogP contribution is 2.36. The Labute approximate surface area is 126 Å². The first-order valence-electron chi connectivity index (χ1n) is 5.46. The third-order valence-electron chi connectivity index (χ3n) is 2.72. The molecule has 0 radical (unpaired) electrons. The fourth-order valence-electron chi connectivity index (χ4n) is 1.74. The quantitative estimate of drug-likeness (QED) is 0.651. The fraction of sp³-hybridized carbons (Fsp3) is 0.143. The Bertz CT molecular complexity index is 602. The minimum atomic E-state index is -0.852. The predicted octanol–water partition coefficient (Wildman–Crippen LogP) is 5.22. The maximum absolute atomic E-state index is 13.7. The lowest BCUT2D eigenvalue weighted by Crippen LogP contribution is -1.99. The highest BCUT2D eigenvalue weighted by Gasteiger charge is 2.18. The minimum Gasteiger partial charge on any atom is -0.496 e. The van der Waals surface area contributed by atoms with Crippen molar-refractivity contribution in [2.75, 3.05) is 7.11 Å². The number of ether oxygens (including phenoxy) is 1. The maximum atomic E-state index is 13.7. The van der Waals surface area contributed by atoms with Gasteiger partial charge >= 0.3 is 0 Å². The molecule has 0 spiro atoms. The van der Waals surface area contributed by atoms with E-state index in [1.54, 1.807) is 25.3 Å². The normalized spacial score (nSPS) is 12.3. The van der Waals surface area contributed by atoms with Crippen molar-refractivity contribution in [2.24, 2.45) is 0 Å². The molecule has 0 bridgehead atoms. The fourth-order valence-corrected chi connectivity index (χ4v) is 2.93. The number of hydrogen-bond donors (Lipinski definition) is 0. The lowest BCUT2D eigenvalue weighted by Gasteiger charge is -2.13. The van der Waals surface area contributed by atoms with Gasteiger partial charge in [-0.15, -0.1) is 0 Å².